The molecule has 0 saturated heterocycles. The molecule has 0 N–H and O–H groups in total. The van der Waals surface area contributed by atoms with Crippen molar-refractivity contribution in [1.82, 2.24) is 0 Å². The fourth-order valence-corrected chi connectivity index (χ4v) is 14.1. The van der Waals surface area contributed by atoms with Crippen LogP contribution in [0.1, 0.15) is 25.3 Å². The zero-order chi connectivity index (χ0) is 38.2. The Balaban J connectivity index is 2.12. The highest BCUT2D eigenvalue weighted by Gasteiger charge is 2.74. The van der Waals surface area contributed by atoms with Crippen molar-refractivity contribution in [2.75, 3.05) is 0 Å². The molecule has 0 aromatic heterocycles. The molecule has 0 saturated carbocycles. The fourth-order valence-electron chi connectivity index (χ4n) is 7.57. The first-order valence-corrected chi connectivity index (χ1v) is 16.9. The molecule has 17 heteroatoms. The summed E-state index contributed by atoms with van der Waals surface area (Å²) in [6.07, 6.45) is -0.781. The van der Waals surface area contributed by atoms with Gasteiger partial charge in [-0.15, -0.1) is 5.47 Å². The second-order valence-corrected chi connectivity index (χ2v) is 15.5. The van der Waals surface area contributed by atoms with Crippen molar-refractivity contribution < 1.29 is 65.9 Å². The largest absolute Gasteiger partial charge is 0.277 e. The summed E-state index contributed by atoms with van der Waals surface area (Å²) in [5.74, 6) is -47.9. The maximum absolute atomic E-state index is 16.5. The van der Waals surface area contributed by atoms with Gasteiger partial charge in [-0.2, -0.15) is 0 Å². The molecule has 0 radical (unpaired) electrons. The maximum Gasteiger partial charge on any atom is 0.277 e. The van der Waals surface area contributed by atoms with Gasteiger partial charge in [0.25, 0.3) is 5.87 Å². The molecule has 0 amide bonds. The third-order valence-electron chi connectivity index (χ3n) is 9.35. The van der Waals surface area contributed by atoms with Gasteiger partial charge >= 0.3 is 0 Å². The summed E-state index contributed by atoms with van der Waals surface area (Å²) in [6.45, 7) is 1.37. The highest BCUT2D eigenvalue weighted by Crippen LogP contribution is 2.83. The van der Waals surface area contributed by atoms with E-state index in [1.165, 1.54) is 43.3 Å². The molecule has 270 valence electrons. The van der Waals surface area contributed by atoms with Crippen molar-refractivity contribution in [3.05, 3.63) is 159 Å². The van der Waals surface area contributed by atoms with Crippen LogP contribution in [0.3, 0.4) is 0 Å². The van der Waals surface area contributed by atoms with Gasteiger partial charge in [-0.1, -0.05) is 54.2 Å². The smallest absolute Gasteiger partial charge is 0.207 e. The van der Waals surface area contributed by atoms with Gasteiger partial charge in [0.05, 0.1) is 10.6 Å². The van der Waals surface area contributed by atoms with Gasteiger partial charge in [0.15, 0.2) is 58.2 Å². The van der Waals surface area contributed by atoms with Crippen LogP contribution in [0.15, 0.2) is 66.0 Å². The first-order chi connectivity index (χ1) is 24.6. The first-order valence-electron chi connectivity index (χ1n) is 15.0. The molecule has 0 bridgehead atoms. The lowest BCUT2D eigenvalue weighted by atomic mass is 9.31. The van der Waals surface area contributed by atoms with Crippen molar-refractivity contribution in [2.24, 2.45) is 0 Å². The normalized spacial score (nSPS) is 14.9. The van der Waals surface area contributed by atoms with Gasteiger partial charge in [0, 0.05) is 10.9 Å². The Bertz CT molecular complexity index is 2130. The minimum atomic E-state index is -5.31. The molecule has 0 unspecified atom stereocenters. The molecule has 0 aliphatic carbocycles. The van der Waals surface area contributed by atoms with E-state index in [1.807, 2.05) is 0 Å². The zero-order valence-corrected chi connectivity index (χ0v) is 26.8. The van der Waals surface area contributed by atoms with Gasteiger partial charge in [0.1, 0.15) is 23.3 Å². The van der Waals surface area contributed by atoms with Crippen molar-refractivity contribution >= 4 is 40.0 Å². The van der Waals surface area contributed by atoms with E-state index in [0.717, 1.165) is 24.3 Å². The molecular formula is C35H17BF15P. The van der Waals surface area contributed by atoms with E-state index in [2.05, 4.69) is 0 Å². The first kappa shape index (κ1) is 37.1. The van der Waals surface area contributed by atoms with Crippen LogP contribution in [0, 0.1) is 87.3 Å². The van der Waals surface area contributed by atoms with Crippen molar-refractivity contribution in [3.63, 3.8) is 0 Å². The van der Waals surface area contributed by atoms with E-state index in [0.29, 0.717) is 0 Å². The van der Waals surface area contributed by atoms with Crippen molar-refractivity contribution in [2.45, 2.75) is 19.8 Å². The van der Waals surface area contributed by atoms with E-state index in [4.69, 9.17) is 0 Å². The van der Waals surface area contributed by atoms with Crippen molar-refractivity contribution in [3.8, 4) is 0 Å². The Kier molecular flexibility index (Phi) is 9.30. The van der Waals surface area contributed by atoms with Crippen LogP contribution in [-0.2, 0) is 0 Å². The van der Waals surface area contributed by atoms with E-state index in [-0.39, 0.29) is 17.0 Å². The molecule has 0 nitrogen and oxygen atoms in total. The topological polar surface area (TPSA) is 0 Å². The Labute approximate surface area is 284 Å². The summed E-state index contributed by atoms with van der Waals surface area (Å²) in [5.41, 5.74) is -8.39. The number of hydrogen-bond donors (Lipinski definition) is 0. The van der Waals surface area contributed by atoms with Crippen LogP contribution >= 0.6 is 7.14 Å². The molecule has 1 heterocycles. The summed E-state index contributed by atoms with van der Waals surface area (Å²) in [6, 6.07) is 11.9. The van der Waals surface area contributed by atoms with Crippen LogP contribution < -0.4 is 21.5 Å². The number of halogens is 15. The Morgan fingerprint density at radius 2 is 0.692 bits per heavy atom. The van der Waals surface area contributed by atoms with E-state index < -0.39 is 134 Å². The van der Waals surface area contributed by atoms with Gasteiger partial charge < -0.3 is 0 Å². The molecule has 5 aromatic rings. The lowest BCUT2D eigenvalue weighted by Crippen LogP contribution is -2.73. The summed E-state index contributed by atoms with van der Waals surface area (Å²) in [7, 11) is -4.91. The molecule has 5 aromatic carbocycles. The second kappa shape index (κ2) is 13.0. The lowest BCUT2D eigenvalue weighted by Gasteiger charge is -2.62. The summed E-state index contributed by atoms with van der Waals surface area (Å²) < 4.78 is 233. The summed E-state index contributed by atoms with van der Waals surface area (Å²) in [5, 5.41) is -1.22. The minimum absolute atomic E-state index is 0.185. The predicted molar refractivity (Wildman–Crippen MR) is 165 cm³/mol. The molecule has 1 aliphatic rings. The average Bonchev–Trinajstić information content (AvgIpc) is 3.15. The SMILES string of the molecule is CCCC1=C(c2c(F)c(F)c(F)c(F)c2F)[B-](c2c(F)c(F)c(F)c(F)c2F)(c2c(F)c(F)c(F)c(F)c2F)[P+]1(c1ccccc1)c1ccccc1. The van der Waals surface area contributed by atoms with Crippen LogP contribution in [0.2, 0.25) is 0 Å². The summed E-state index contributed by atoms with van der Waals surface area (Å²) in [4.78, 5) is 0. The number of rotatable bonds is 7. The lowest BCUT2D eigenvalue weighted by molar-refractivity contribution is 0.376. The minimum Gasteiger partial charge on any atom is -0.207 e. The third kappa shape index (κ3) is 4.58. The number of hydrogen-bond acceptors (Lipinski definition) is 0. The Hall–Kier alpha value is -4.72. The van der Waals surface area contributed by atoms with Gasteiger partial charge in [-0.25, -0.2) is 65.9 Å². The molecular weight excluding hydrogens is 747 g/mol. The zero-order valence-electron chi connectivity index (χ0n) is 25.9. The van der Waals surface area contributed by atoms with Crippen molar-refractivity contribution in [1.29, 1.82) is 0 Å². The van der Waals surface area contributed by atoms with E-state index >= 15 is 52.7 Å². The Morgan fingerprint density at radius 1 is 0.404 bits per heavy atom. The predicted octanol–water partition coefficient (Wildman–Crippen LogP) is 9.27. The van der Waals surface area contributed by atoms with E-state index in [1.54, 1.807) is 0 Å². The monoisotopic (exact) mass is 764 g/mol. The van der Waals surface area contributed by atoms with Crippen LogP contribution in [0.5, 0.6) is 0 Å². The number of benzene rings is 5. The van der Waals surface area contributed by atoms with Crippen LogP contribution in [0.25, 0.3) is 5.47 Å². The molecule has 0 spiro atoms. The quantitative estimate of drug-likeness (QED) is 0.0510. The molecule has 0 atom stereocenters. The maximum atomic E-state index is 16.5. The van der Waals surface area contributed by atoms with Gasteiger partial charge in [-0.3, -0.25) is 0 Å². The molecule has 1 aliphatic heterocycles. The highest BCUT2D eigenvalue weighted by molar-refractivity contribution is 8.28. The second-order valence-electron chi connectivity index (χ2n) is 11.7. The van der Waals surface area contributed by atoms with Crippen LogP contribution in [-0.4, -0.2) is 5.87 Å². The van der Waals surface area contributed by atoms with E-state index in [9.17, 15) is 13.2 Å². The highest BCUT2D eigenvalue weighted by atomic mass is 31.2. The van der Waals surface area contributed by atoms with Crippen LogP contribution in [0.4, 0.5) is 65.9 Å². The summed E-state index contributed by atoms with van der Waals surface area (Å²) >= 11 is 0. The number of allylic oxidation sites excluding steroid dienone is 1. The molecule has 52 heavy (non-hydrogen) atoms. The standard InChI is InChI=1S/C35H17BF15P/c1-2-9-16-18(17-21(37)27(43)33(49)28(44)22(17)38)36(19-23(39)29(45)34(50)30(46)24(19)40,20-25(41)31(47)35(51)32(48)26(20)42)52(16,14-10-5-3-6-11-14)15-12-7-4-8-13-15/h3-8,10-13H,2,9H2,1H3. The molecule has 0 fully saturated rings. The average molecular weight is 764 g/mol. The molecule has 6 rings (SSSR count). The third-order valence-corrected chi connectivity index (χ3v) is 14.8. The fraction of sp³-hybridized carbons (Fsp3) is 0.0857. The van der Waals surface area contributed by atoms with Gasteiger partial charge in [-0.05, 0) is 44.2 Å². The van der Waals surface area contributed by atoms with Gasteiger partial charge in [0.2, 0.25) is 5.82 Å². The Morgan fingerprint density at radius 3 is 1.00 bits per heavy atom.